The van der Waals surface area contributed by atoms with Crippen LogP contribution < -0.4 is 10.2 Å². The van der Waals surface area contributed by atoms with Crippen molar-refractivity contribution in [3.05, 3.63) is 65.7 Å². The molecule has 0 saturated carbocycles. The van der Waals surface area contributed by atoms with Gasteiger partial charge in [0.15, 0.2) is 0 Å². The van der Waals surface area contributed by atoms with Crippen LogP contribution in [-0.4, -0.2) is 36.3 Å². The number of anilines is 1. The summed E-state index contributed by atoms with van der Waals surface area (Å²) in [6.45, 7) is 1.07. The molecule has 136 valence electrons. The summed E-state index contributed by atoms with van der Waals surface area (Å²) in [5, 5.41) is 12.0. The molecule has 2 aromatic carbocycles. The fourth-order valence-corrected chi connectivity index (χ4v) is 3.11. The summed E-state index contributed by atoms with van der Waals surface area (Å²) in [6, 6.07) is 16.2. The van der Waals surface area contributed by atoms with E-state index < -0.39 is 18.1 Å². The van der Waals surface area contributed by atoms with Crippen molar-refractivity contribution in [2.45, 2.75) is 25.5 Å². The van der Waals surface area contributed by atoms with Crippen molar-refractivity contribution >= 4 is 17.7 Å². The zero-order valence-electron chi connectivity index (χ0n) is 14.4. The summed E-state index contributed by atoms with van der Waals surface area (Å²) in [5.74, 6) is -1.08. The molecule has 6 nitrogen and oxygen atoms in total. The second-order valence-electron chi connectivity index (χ2n) is 6.28. The smallest absolute Gasteiger partial charge is 0.408 e. The molecule has 6 heteroatoms. The number of benzene rings is 2. The normalized spacial score (nSPS) is 14.2. The first-order chi connectivity index (χ1) is 12.6. The molecular formula is C20H22N2O4. The number of aliphatic carboxylic acids is 1. The van der Waals surface area contributed by atoms with Crippen LogP contribution in [0.5, 0.6) is 0 Å². The minimum absolute atomic E-state index is 0.103. The Morgan fingerprint density at radius 3 is 2.62 bits per heavy atom. The van der Waals surface area contributed by atoms with Crippen LogP contribution in [0.15, 0.2) is 54.6 Å². The lowest BCUT2D eigenvalue weighted by Crippen LogP contribution is -2.49. The molecule has 1 unspecified atom stereocenters. The van der Waals surface area contributed by atoms with Crippen LogP contribution in [0.3, 0.4) is 0 Å². The molecule has 1 heterocycles. The van der Waals surface area contributed by atoms with Crippen LogP contribution in [0.4, 0.5) is 10.5 Å². The number of hydrogen-bond donors (Lipinski definition) is 2. The predicted octanol–water partition coefficient (Wildman–Crippen LogP) is 2.82. The van der Waals surface area contributed by atoms with Crippen molar-refractivity contribution in [3.63, 3.8) is 0 Å². The molecule has 1 aliphatic heterocycles. The van der Waals surface area contributed by atoms with Gasteiger partial charge >= 0.3 is 12.1 Å². The summed E-state index contributed by atoms with van der Waals surface area (Å²) in [5.41, 5.74) is 3.08. The number of carbonyl (C=O) groups excluding carboxylic acids is 1. The number of nitrogens with one attached hydrogen (secondary N) is 1. The number of rotatable bonds is 6. The van der Waals surface area contributed by atoms with Gasteiger partial charge in [0.25, 0.3) is 0 Å². The van der Waals surface area contributed by atoms with Gasteiger partial charge < -0.3 is 20.1 Å². The molecule has 0 spiro atoms. The summed E-state index contributed by atoms with van der Waals surface area (Å²) in [7, 11) is 0. The van der Waals surface area contributed by atoms with E-state index in [1.165, 1.54) is 5.56 Å². The van der Waals surface area contributed by atoms with Crippen LogP contribution >= 0.6 is 0 Å². The van der Waals surface area contributed by atoms with Gasteiger partial charge in [0.2, 0.25) is 0 Å². The summed E-state index contributed by atoms with van der Waals surface area (Å²) in [6.07, 6.45) is 1.21. The molecule has 1 atom stereocenters. The van der Waals surface area contributed by atoms with E-state index in [1.807, 2.05) is 53.4 Å². The fourth-order valence-electron chi connectivity index (χ4n) is 3.11. The van der Waals surface area contributed by atoms with E-state index in [0.29, 0.717) is 0 Å². The lowest BCUT2D eigenvalue weighted by Gasteiger charge is -2.33. The van der Waals surface area contributed by atoms with E-state index in [9.17, 15) is 14.7 Å². The number of ether oxygens (including phenoxy) is 1. The van der Waals surface area contributed by atoms with E-state index in [0.717, 1.165) is 30.6 Å². The third kappa shape index (κ3) is 4.53. The highest BCUT2D eigenvalue weighted by atomic mass is 16.5. The van der Waals surface area contributed by atoms with Gasteiger partial charge in [0.1, 0.15) is 12.6 Å². The maximum absolute atomic E-state index is 12.0. The highest BCUT2D eigenvalue weighted by Crippen LogP contribution is 2.26. The van der Waals surface area contributed by atoms with Gasteiger partial charge in [0, 0.05) is 18.8 Å². The van der Waals surface area contributed by atoms with Crippen LogP contribution in [-0.2, 0) is 22.6 Å². The Bertz CT molecular complexity index is 763. The molecule has 26 heavy (non-hydrogen) atoms. The first kappa shape index (κ1) is 17.8. The van der Waals surface area contributed by atoms with Gasteiger partial charge in [-0.1, -0.05) is 48.5 Å². The van der Waals surface area contributed by atoms with E-state index in [1.54, 1.807) is 0 Å². The number of amides is 1. The molecule has 0 saturated heterocycles. The average Bonchev–Trinajstić information content (AvgIpc) is 2.67. The number of carboxylic acid groups (broad SMARTS) is 1. The van der Waals surface area contributed by atoms with Crippen LogP contribution in [0.2, 0.25) is 0 Å². The summed E-state index contributed by atoms with van der Waals surface area (Å²) >= 11 is 0. The number of alkyl carbamates (subject to hydrolysis) is 1. The summed E-state index contributed by atoms with van der Waals surface area (Å²) in [4.78, 5) is 25.6. The SMILES string of the molecule is O=C(NC(CN1CCCc2ccccc21)C(=O)O)OCc1ccccc1. The number of nitrogens with zero attached hydrogens (tertiary/aromatic N) is 1. The molecule has 0 aliphatic carbocycles. The van der Waals surface area contributed by atoms with Crippen molar-refractivity contribution in [1.29, 1.82) is 0 Å². The van der Waals surface area contributed by atoms with Gasteiger partial charge in [-0.05, 0) is 30.0 Å². The molecular weight excluding hydrogens is 332 g/mol. The second kappa shape index (κ2) is 8.38. The van der Waals surface area contributed by atoms with Gasteiger partial charge in [-0.15, -0.1) is 0 Å². The molecule has 0 aromatic heterocycles. The standard InChI is InChI=1S/C20H22N2O4/c23-19(24)17(21-20(25)26-14-15-7-2-1-3-8-15)13-22-12-6-10-16-9-4-5-11-18(16)22/h1-5,7-9,11,17H,6,10,12-14H2,(H,21,25)(H,23,24). The second-order valence-corrected chi connectivity index (χ2v) is 6.28. The van der Waals surface area contributed by atoms with E-state index in [2.05, 4.69) is 11.4 Å². The van der Waals surface area contributed by atoms with Crippen molar-refractivity contribution < 1.29 is 19.4 Å². The largest absolute Gasteiger partial charge is 0.480 e. The zero-order valence-corrected chi connectivity index (χ0v) is 14.4. The Hall–Kier alpha value is -3.02. The maximum Gasteiger partial charge on any atom is 0.408 e. The number of carbonyl (C=O) groups is 2. The van der Waals surface area contributed by atoms with Gasteiger partial charge in [-0.25, -0.2) is 9.59 Å². The maximum atomic E-state index is 12.0. The summed E-state index contributed by atoms with van der Waals surface area (Å²) < 4.78 is 5.14. The first-order valence-electron chi connectivity index (χ1n) is 8.66. The van der Waals surface area contributed by atoms with Gasteiger partial charge in [0.05, 0.1) is 0 Å². The van der Waals surface area contributed by atoms with E-state index >= 15 is 0 Å². The Kier molecular flexibility index (Phi) is 5.73. The average molecular weight is 354 g/mol. The molecule has 0 bridgehead atoms. The van der Waals surface area contributed by atoms with Crippen LogP contribution in [0.25, 0.3) is 0 Å². The molecule has 1 aliphatic rings. The predicted molar refractivity (Wildman–Crippen MR) is 98.2 cm³/mol. The molecule has 1 amide bonds. The quantitative estimate of drug-likeness (QED) is 0.834. The minimum Gasteiger partial charge on any atom is -0.480 e. The number of para-hydroxylation sites is 1. The zero-order chi connectivity index (χ0) is 18.4. The first-order valence-corrected chi connectivity index (χ1v) is 8.66. The lowest BCUT2D eigenvalue weighted by molar-refractivity contribution is -0.139. The third-order valence-corrected chi connectivity index (χ3v) is 4.41. The lowest BCUT2D eigenvalue weighted by atomic mass is 10.0. The monoisotopic (exact) mass is 354 g/mol. The molecule has 0 radical (unpaired) electrons. The Morgan fingerprint density at radius 1 is 1.12 bits per heavy atom. The Labute approximate surface area is 152 Å². The van der Waals surface area contributed by atoms with E-state index in [-0.39, 0.29) is 13.2 Å². The van der Waals surface area contributed by atoms with Gasteiger partial charge in [-0.2, -0.15) is 0 Å². The number of hydrogen-bond acceptors (Lipinski definition) is 4. The van der Waals surface area contributed by atoms with Crippen molar-refractivity contribution in [2.24, 2.45) is 0 Å². The third-order valence-electron chi connectivity index (χ3n) is 4.41. The molecule has 2 aromatic rings. The van der Waals surface area contributed by atoms with Crippen molar-refractivity contribution in [2.75, 3.05) is 18.0 Å². The van der Waals surface area contributed by atoms with Crippen molar-refractivity contribution in [1.82, 2.24) is 5.32 Å². The van der Waals surface area contributed by atoms with Gasteiger partial charge in [-0.3, -0.25) is 0 Å². The minimum atomic E-state index is -1.08. The Morgan fingerprint density at radius 2 is 1.85 bits per heavy atom. The highest BCUT2D eigenvalue weighted by Gasteiger charge is 2.26. The molecule has 0 fully saturated rings. The highest BCUT2D eigenvalue weighted by molar-refractivity contribution is 5.80. The van der Waals surface area contributed by atoms with Crippen LogP contribution in [0, 0.1) is 0 Å². The van der Waals surface area contributed by atoms with E-state index in [4.69, 9.17) is 4.74 Å². The Balaban J connectivity index is 1.59. The topological polar surface area (TPSA) is 78.9 Å². The number of carboxylic acids is 1. The molecule has 3 rings (SSSR count). The number of fused-ring (bicyclic) bond motifs is 1. The fraction of sp³-hybridized carbons (Fsp3) is 0.300. The van der Waals surface area contributed by atoms with Crippen molar-refractivity contribution in [3.8, 4) is 0 Å². The molecule has 2 N–H and O–H groups in total. The number of aryl methyl sites for hydroxylation is 1. The van der Waals surface area contributed by atoms with Crippen LogP contribution in [0.1, 0.15) is 17.5 Å².